The Morgan fingerprint density at radius 3 is 2.53 bits per heavy atom. The number of hydrogen-bond acceptors (Lipinski definition) is 2. The fourth-order valence-electron chi connectivity index (χ4n) is 2.09. The third kappa shape index (κ3) is 4.73. The van der Waals surface area contributed by atoms with Crippen LogP contribution in [0.1, 0.15) is 40.5 Å². The fraction of sp³-hybridized carbons (Fsp3) is 0.857. The van der Waals surface area contributed by atoms with Gasteiger partial charge in [-0.1, -0.05) is 6.92 Å². The Morgan fingerprint density at radius 2 is 2.00 bits per heavy atom. The number of nitrogens with one attached hydrogen (secondary N) is 1. The Hall–Kier alpha value is -1.26. The van der Waals surface area contributed by atoms with Gasteiger partial charge in [0.15, 0.2) is 5.96 Å². The van der Waals surface area contributed by atoms with E-state index in [1.54, 1.807) is 0 Å². The van der Waals surface area contributed by atoms with Gasteiger partial charge in [-0.2, -0.15) is 0 Å². The van der Waals surface area contributed by atoms with Gasteiger partial charge in [0.05, 0.1) is 12.0 Å². The maximum Gasteiger partial charge on any atom is 0.227 e. The minimum Gasteiger partial charge on any atom is -0.370 e. The van der Waals surface area contributed by atoms with Gasteiger partial charge in [0.2, 0.25) is 5.91 Å². The summed E-state index contributed by atoms with van der Waals surface area (Å²) in [6, 6.07) is 0. The predicted octanol–water partition coefficient (Wildman–Crippen LogP) is 1.20. The molecule has 0 atom stereocenters. The fourth-order valence-corrected chi connectivity index (χ4v) is 2.09. The number of rotatable bonds is 4. The molecule has 5 nitrogen and oxygen atoms in total. The first-order valence-electron chi connectivity index (χ1n) is 7.20. The second-order valence-corrected chi connectivity index (χ2v) is 6.09. The van der Waals surface area contributed by atoms with Gasteiger partial charge < -0.3 is 16.0 Å². The minimum atomic E-state index is -0.510. The lowest BCUT2D eigenvalue weighted by Crippen LogP contribution is -2.44. The number of carbonyl (C=O) groups is 1. The number of guanidine groups is 1. The molecule has 0 radical (unpaired) electrons. The van der Waals surface area contributed by atoms with E-state index in [1.807, 2.05) is 20.8 Å². The van der Waals surface area contributed by atoms with Crippen LogP contribution in [0.3, 0.4) is 0 Å². The second kappa shape index (κ2) is 6.78. The molecule has 1 heterocycles. The lowest BCUT2D eigenvalue weighted by Gasteiger charge is -2.31. The Morgan fingerprint density at radius 1 is 1.42 bits per heavy atom. The third-order valence-electron chi connectivity index (χ3n) is 3.70. The quantitative estimate of drug-likeness (QED) is 0.594. The van der Waals surface area contributed by atoms with E-state index in [4.69, 9.17) is 5.73 Å². The van der Waals surface area contributed by atoms with Crippen molar-refractivity contribution >= 4 is 11.9 Å². The van der Waals surface area contributed by atoms with E-state index in [0.717, 1.165) is 31.8 Å². The van der Waals surface area contributed by atoms with Crippen molar-refractivity contribution in [1.82, 2.24) is 10.2 Å². The zero-order valence-corrected chi connectivity index (χ0v) is 12.7. The van der Waals surface area contributed by atoms with Crippen LogP contribution in [0, 0.1) is 11.3 Å². The maximum absolute atomic E-state index is 11.9. The molecule has 110 valence electrons. The van der Waals surface area contributed by atoms with Crippen molar-refractivity contribution in [3.63, 3.8) is 0 Å². The monoisotopic (exact) mass is 268 g/mol. The van der Waals surface area contributed by atoms with Crippen molar-refractivity contribution in [3.8, 4) is 0 Å². The predicted molar refractivity (Wildman–Crippen MR) is 78.9 cm³/mol. The largest absolute Gasteiger partial charge is 0.370 e. The molecule has 5 heteroatoms. The zero-order valence-electron chi connectivity index (χ0n) is 12.7. The Bertz CT molecular complexity index is 330. The van der Waals surface area contributed by atoms with Crippen LogP contribution in [0.2, 0.25) is 0 Å². The molecule has 1 rings (SSSR count). The van der Waals surface area contributed by atoms with Crippen LogP contribution in [-0.2, 0) is 4.79 Å². The number of aliphatic imine (C=N–C) groups is 1. The summed E-state index contributed by atoms with van der Waals surface area (Å²) in [5.74, 6) is 1.37. The average molecular weight is 268 g/mol. The summed E-state index contributed by atoms with van der Waals surface area (Å²) < 4.78 is 0. The standard InChI is InChI=1S/C14H28N4O/c1-5-16-12(19)14(3,4)10-17-13(15)18-8-6-11(2)7-9-18/h11H,5-10H2,1-4H3,(H2,15,17)(H,16,19). The Kier molecular flexibility index (Phi) is 5.63. The van der Waals surface area contributed by atoms with Crippen molar-refractivity contribution < 1.29 is 4.79 Å². The van der Waals surface area contributed by atoms with Crippen molar-refractivity contribution in [1.29, 1.82) is 0 Å². The molecule has 0 aromatic rings. The number of nitrogens with two attached hydrogens (primary N) is 1. The first kappa shape index (κ1) is 15.8. The molecular weight excluding hydrogens is 240 g/mol. The molecule has 1 aliphatic rings. The molecule has 1 fully saturated rings. The van der Waals surface area contributed by atoms with Crippen LogP contribution in [0.4, 0.5) is 0 Å². The van der Waals surface area contributed by atoms with E-state index in [0.29, 0.717) is 19.0 Å². The van der Waals surface area contributed by atoms with Gasteiger partial charge in [-0.25, -0.2) is 0 Å². The van der Waals surface area contributed by atoms with Crippen LogP contribution in [-0.4, -0.2) is 42.9 Å². The summed E-state index contributed by atoms with van der Waals surface area (Å²) in [6.07, 6.45) is 2.33. The van der Waals surface area contributed by atoms with E-state index < -0.39 is 5.41 Å². The van der Waals surface area contributed by atoms with Crippen molar-refractivity contribution in [2.45, 2.75) is 40.5 Å². The summed E-state index contributed by atoms with van der Waals surface area (Å²) in [7, 11) is 0. The summed E-state index contributed by atoms with van der Waals surface area (Å²) in [6.45, 7) is 11.0. The minimum absolute atomic E-state index is 0.0267. The topological polar surface area (TPSA) is 70.7 Å². The van der Waals surface area contributed by atoms with Crippen molar-refractivity contribution in [2.24, 2.45) is 22.1 Å². The summed E-state index contributed by atoms with van der Waals surface area (Å²) in [5, 5.41) is 2.83. The molecule has 3 N–H and O–H groups in total. The first-order valence-corrected chi connectivity index (χ1v) is 7.20. The van der Waals surface area contributed by atoms with Crippen LogP contribution in [0.15, 0.2) is 4.99 Å². The molecule has 0 spiro atoms. The lowest BCUT2D eigenvalue weighted by atomic mass is 9.92. The normalized spacial score (nSPS) is 18.5. The summed E-state index contributed by atoms with van der Waals surface area (Å²) in [4.78, 5) is 18.4. The van der Waals surface area contributed by atoms with Gasteiger partial charge in [0, 0.05) is 19.6 Å². The van der Waals surface area contributed by atoms with Crippen LogP contribution < -0.4 is 11.1 Å². The van der Waals surface area contributed by atoms with Gasteiger partial charge >= 0.3 is 0 Å². The van der Waals surface area contributed by atoms with E-state index in [9.17, 15) is 4.79 Å². The van der Waals surface area contributed by atoms with Crippen molar-refractivity contribution in [3.05, 3.63) is 0 Å². The number of nitrogens with zero attached hydrogens (tertiary/aromatic N) is 2. The highest BCUT2D eigenvalue weighted by Crippen LogP contribution is 2.18. The molecule has 0 bridgehead atoms. The number of piperidine rings is 1. The molecule has 1 saturated heterocycles. The Balaban J connectivity index is 2.52. The van der Waals surface area contributed by atoms with Crippen LogP contribution in [0.5, 0.6) is 0 Å². The zero-order chi connectivity index (χ0) is 14.5. The first-order chi connectivity index (χ1) is 8.86. The van der Waals surface area contributed by atoms with E-state index >= 15 is 0 Å². The van der Waals surface area contributed by atoms with Gasteiger partial charge in [-0.05, 0) is 39.5 Å². The average Bonchev–Trinajstić information content (AvgIpc) is 2.37. The van der Waals surface area contributed by atoms with Crippen LogP contribution >= 0.6 is 0 Å². The molecule has 0 aliphatic carbocycles. The van der Waals surface area contributed by atoms with Gasteiger partial charge in [0.25, 0.3) is 0 Å². The molecular formula is C14H28N4O. The number of amides is 1. The maximum atomic E-state index is 11.9. The highest BCUT2D eigenvalue weighted by molar-refractivity contribution is 5.83. The van der Waals surface area contributed by atoms with Gasteiger partial charge in [-0.15, -0.1) is 0 Å². The molecule has 0 unspecified atom stereocenters. The number of hydrogen-bond donors (Lipinski definition) is 2. The molecule has 1 amide bonds. The highest BCUT2D eigenvalue weighted by atomic mass is 16.2. The van der Waals surface area contributed by atoms with Gasteiger partial charge in [-0.3, -0.25) is 9.79 Å². The van der Waals surface area contributed by atoms with E-state index in [1.165, 1.54) is 0 Å². The third-order valence-corrected chi connectivity index (χ3v) is 3.70. The lowest BCUT2D eigenvalue weighted by molar-refractivity contribution is -0.128. The second-order valence-electron chi connectivity index (χ2n) is 6.09. The van der Waals surface area contributed by atoms with E-state index in [2.05, 4.69) is 22.1 Å². The number of likely N-dealkylation sites (tertiary alicyclic amines) is 1. The Labute approximate surface area is 116 Å². The van der Waals surface area contributed by atoms with E-state index in [-0.39, 0.29) is 5.91 Å². The highest BCUT2D eigenvalue weighted by Gasteiger charge is 2.27. The molecule has 0 saturated carbocycles. The summed E-state index contributed by atoms with van der Waals surface area (Å²) in [5.41, 5.74) is 5.51. The smallest absolute Gasteiger partial charge is 0.227 e. The summed E-state index contributed by atoms with van der Waals surface area (Å²) >= 11 is 0. The SMILES string of the molecule is CCNC(=O)C(C)(C)CN=C(N)N1CCC(C)CC1. The number of carbonyl (C=O) groups excluding carboxylic acids is 1. The molecule has 1 aliphatic heterocycles. The molecule has 19 heavy (non-hydrogen) atoms. The van der Waals surface area contributed by atoms with Crippen LogP contribution in [0.25, 0.3) is 0 Å². The molecule has 0 aromatic carbocycles. The van der Waals surface area contributed by atoms with Gasteiger partial charge in [0.1, 0.15) is 0 Å². The molecule has 0 aromatic heterocycles. The van der Waals surface area contributed by atoms with Crippen molar-refractivity contribution in [2.75, 3.05) is 26.2 Å².